The van der Waals surface area contributed by atoms with Gasteiger partial charge in [-0.15, -0.1) is 0 Å². The minimum atomic E-state index is -0.375. The molecule has 0 saturated carbocycles. The molecule has 0 unspecified atom stereocenters. The number of ketones is 1. The van der Waals surface area contributed by atoms with Crippen LogP contribution < -0.4 is 0 Å². The first-order valence-electron chi connectivity index (χ1n) is 9.19. The Bertz CT molecular complexity index is 735. The maximum absolute atomic E-state index is 13.3. The summed E-state index contributed by atoms with van der Waals surface area (Å²) in [6.07, 6.45) is 3.56. The van der Waals surface area contributed by atoms with Crippen molar-refractivity contribution in [3.8, 4) is 0 Å². The summed E-state index contributed by atoms with van der Waals surface area (Å²) in [5, 5.41) is 11.1. The maximum atomic E-state index is 13.3. The number of Topliss-reactive ketones (excluding diaryl/α,β-unsaturated/α-hetero) is 1. The molecule has 128 valence electrons. The molecule has 1 N–H and O–H groups in total. The zero-order chi connectivity index (χ0) is 17.2. The number of fused-ring (bicyclic) bond motifs is 5. The molecule has 4 atom stereocenters. The van der Waals surface area contributed by atoms with Gasteiger partial charge in [0.05, 0.1) is 29.1 Å². The van der Waals surface area contributed by atoms with Crippen molar-refractivity contribution in [2.75, 3.05) is 0 Å². The van der Waals surface area contributed by atoms with Crippen LogP contribution in [-0.4, -0.2) is 22.6 Å². The van der Waals surface area contributed by atoms with E-state index in [4.69, 9.17) is 4.74 Å². The van der Waals surface area contributed by atoms with E-state index in [1.807, 2.05) is 0 Å². The Balaban J connectivity index is 1.92. The highest BCUT2D eigenvalue weighted by Crippen LogP contribution is 2.59. The van der Waals surface area contributed by atoms with E-state index in [0.717, 1.165) is 31.2 Å². The number of ether oxygens (including phenoxy) is 1. The van der Waals surface area contributed by atoms with Gasteiger partial charge in [-0.05, 0) is 56.2 Å². The lowest BCUT2D eigenvalue weighted by Gasteiger charge is -2.28. The number of hydrogen-bond donors (Lipinski definition) is 1. The summed E-state index contributed by atoms with van der Waals surface area (Å²) in [7, 11) is 0. The van der Waals surface area contributed by atoms with Crippen molar-refractivity contribution >= 4 is 11.4 Å². The van der Waals surface area contributed by atoms with E-state index in [2.05, 4.69) is 39.8 Å². The number of aliphatic hydroxyl groups excluding tert-OH is 1. The number of allylic oxidation sites excluding steroid dienone is 1. The van der Waals surface area contributed by atoms with Crippen molar-refractivity contribution in [2.45, 2.75) is 65.1 Å². The highest BCUT2D eigenvalue weighted by atomic mass is 16.5. The van der Waals surface area contributed by atoms with Gasteiger partial charge in [0.15, 0.2) is 5.78 Å². The molecule has 3 aliphatic rings. The molecule has 1 aromatic carbocycles. The Morgan fingerprint density at radius 2 is 1.88 bits per heavy atom. The lowest BCUT2D eigenvalue weighted by Crippen LogP contribution is -2.35. The molecule has 3 heteroatoms. The van der Waals surface area contributed by atoms with Gasteiger partial charge < -0.3 is 9.84 Å². The standard InChI is InChI=1S/C21H26O3/c1-5-12-9-11(3)10-13(6-2)15(12)17-19(22)16-14-7-8-21(4,24-14)18(16)20(17)23/h9-10,14,16,18,23H,5-8H2,1-4H3/t14-,16-,18+,21+/m0/s1. The van der Waals surface area contributed by atoms with Crippen molar-refractivity contribution in [2.24, 2.45) is 11.8 Å². The van der Waals surface area contributed by atoms with Crippen LogP contribution in [0.4, 0.5) is 0 Å². The number of hydrogen-bond acceptors (Lipinski definition) is 3. The predicted molar refractivity (Wildman–Crippen MR) is 94.0 cm³/mol. The lowest BCUT2D eigenvalue weighted by molar-refractivity contribution is -0.118. The summed E-state index contributed by atoms with van der Waals surface area (Å²) >= 11 is 0. The molecular weight excluding hydrogens is 300 g/mol. The Morgan fingerprint density at radius 1 is 1.25 bits per heavy atom. The molecule has 4 rings (SSSR count). The fraction of sp³-hybridized carbons (Fsp3) is 0.571. The van der Waals surface area contributed by atoms with E-state index in [0.29, 0.717) is 5.57 Å². The van der Waals surface area contributed by atoms with Crippen molar-refractivity contribution in [3.63, 3.8) is 0 Å². The molecule has 0 aromatic heterocycles. The van der Waals surface area contributed by atoms with Gasteiger partial charge in [-0.2, -0.15) is 0 Å². The largest absolute Gasteiger partial charge is 0.511 e. The number of aryl methyl sites for hydroxylation is 3. The number of carbonyl (C=O) groups excluding carboxylic acids is 1. The van der Waals surface area contributed by atoms with Crippen LogP contribution in [0.1, 0.15) is 55.9 Å². The third-order valence-electron chi connectivity index (χ3n) is 6.32. The third-order valence-corrected chi connectivity index (χ3v) is 6.32. The van der Waals surface area contributed by atoms with Gasteiger partial charge in [0.2, 0.25) is 0 Å². The first kappa shape index (κ1) is 15.9. The second-order valence-corrected chi connectivity index (χ2v) is 7.80. The van der Waals surface area contributed by atoms with Crippen LogP contribution in [-0.2, 0) is 22.4 Å². The molecule has 0 amide bonds. The second kappa shape index (κ2) is 5.19. The first-order valence-corrected chi connectivity index (χ1v) is 9.19. The van der Waals surface area contributed by atoms with Crippen molar-refractivity contribution in [3.05, 3.63) is 40.1 Å². The zero-order valence-corrected chi connectivity index (χ0v) is 15.0. The SMILES string of the molecule is CCc1cc(C)cc(CC)c1C1=C(O)[C@H]2[C@@H](C1=O)[C@@H]1CC[C@@]2(C)O1. The average molecular weight is 326 g/mol. The number of benzene rings is 1. The van der Waals surface area contributed by atoms with E-state index in [1.165, 1.54) is 16.7 Å². The van der Waals surface area contributed by atoms with E-state index in [9.17, 15) is 9.90 Å². The monoisotopic (exact) mass is 326 g/mol. The van der Waals surface area contributed by atoms with E-state index >= 15 is 0 Å². The maximum Gasteiger partial charge on any atom is 0.173 e. The molecule has 2 bridgehead atoms. The van der Waals surface area contributed by atoms with Crippen LogP contribution in [0.25, 0.3) is 5.57 Å². The van der Waals surface area contributed by atoms with Crippen LogP contribution in [0.15, 0.2) is 17.9 Å². The molecule has 3 nitrogen and oxygen atoms in total. The molecule has 2 saturated heterocycles. The number of rotatable bonds is 3. The molecule has 1 aromatic rings. The fourth-order valence-corrected chi connectivity index (χ4v) is 5.27. The predicted octanol–water partition coefficient (Wildman–Crippen LogP) is 4.16. The van der Waals surface area contributed by atoms with Crippen molar-refractivity contribution in [1.82, 2.24) is 0 Å². The van der Waals surface area contributed by atoms with E-state index in [1.54, 1.807) is 0 Å². The first-order chi connectivity index (χ1) is 11.4. The van der Waals surface area contributed by atoms with Gasteiger partial charge in [-0.3, -0.25) is 4.79 Å². The number of carbonyl (C=O) groups is 1. The zero-order valence-electron chi connectivity index (χ0n) is 15.0. The molecule has 0 spiro atoms. The second-order valence-electron chi connectivity index (χ2n) is 7.80. The Labute approximate surface area is 143 Å². The van der Waals surface area contributed by atoms with Crippen LogP contribution in [0.2, 0.25) is 0 Å². The highest BCUT2D eigenvalue weighted by molar-refractivity contribution is 6.26. The average Bonchev–Trinajstić information content (AvgIpc) is 3.16. The molecular formula is C21H26O3. The lowest BCUT2D eigenvalue weighted by atomic mass is 9.73. The van der Waals surface area contributed by atoms with Gasteiger partial charge in [-0.1, -0.05) is 31.5 Å². The van der Waals surface area contributed by atoms with Crippen LogP contribution in [0.3, 0.4) is 0 Å². The summed E-state index contributed by atoms with van der Waals surface area (Å²) in [4.78, 5) is 13.3. The summed E-state index contributed by atoms with van der Waals surface area (Å²) in [5.41, 5.74) is 4.75. The van der Waals surface area contributed by atoms with E-state index in [-0.39, 0.29) is 35.1 Å². The van der Waals surface area contributed by atoms with Gasteiger partial charge >= 0.3 is 0 Å². The van der Waals surface area contributed by atoms with Gasteiger partial charge in [0, 0.05) is 0 Å². The fourth-order valence-electron chi connectivity index (χ4n) is 5.27. The Kier molecular flexibility index (Phi) is 3.44. The molecule has 24 heavy (non-hydrogen) atoms. The molecule has 2 aliphatic heterocycles. The minimum absolute atomic E-state index is 0.0206. The molecule has 1 aliphatic carbocycles. The molecule has 2 heterocycles. The van der Waals surface area contributed by atoms with Crippen molar-refractivity contribution in [1.29, 1.82) is 0 Å². The molecule has 2 fully saturated rings. The summed E-state index contributed by atoms with van der Waals surface area (Å²) < 4.78 is 6.07. The smallest absolute Gasteiger partial charge is 0.173 e. The normalized spacial score (nSPS) is 34.3. The molecule has 0 radical (unpaired) electrons. The summed E-state index contributed by atoms with van der Waals surface area (Å²) in [6, 6.07) is 4.31. The van der Waals surface area contributed by atoms with Gasteiger partial charge in [0.1, 0.15) is 5.76 Å². The Hall–Kier alpha value is -1.61. The summed E-state index contributed by atoms with van der Waals surface area (Å²) in [6.45, 7) is 8.38. The third kappa shape index (κ3) is 1.91. The van der Waals surface area contributed by atoms with Crippen LogP contribution in [0.5, 0.6) is 0 Å². The Morgan fingerprint density at radius 3 is 2.42 bits per heavy atom. The van der Waals surface area contributed by atoms with Crippen LogP contribution in [0, 0.1) is 18.8 Å². The van der Waals surface area contributed by atoms with Gasteiger partial charge in [-0.25, -0.2) is 0 Å². The topological polar surface area (TPSA) is 46.5 Å². The minimum Gasteiger partial charge on any atom is -0.511 e. The quantitative estimate of drug-likeness (QED) is 0.907. The van der Waals surface area contributed by atoms with Gasteiger partial charge in [0.25, 0.3) is 0 Å². The van der Waals surface area contributed by atoms with Crippen molar-refractivity contribution < 1.29 is 14.6 Å². The van der Waals surface area contributed by atoms with Crippen LogP contribution >= 0.6 is 0 Å². The number of aliphatic hydroxyl groups is 1. The van der Waals surface area contributed by atoms with E-state index < -0.39 is 0 Å². The highest BCUT2D eigenvalue weighted by Gasteiger charge is 2.64. The summed E-state index contributed by atoms with van der Waals surface area (Å²) in [5.74, 6) is 0.0334.